The minimum atomic E-state index is -0.0517. The first-order chi connectivity index (χ1) is 10.6. The third-order valence-corrected chi connectivity index (χ3v) is 4.13. The molecular formula is C17H19NO3S. The van der Waals surface area contributed by atoms with Gasteiger partial charge in [-0.3, -0.25) is 4.79 Å². The van der Waals surface area contributed by atoms with Gasteiger partial charge < -0.3 is 14.8 Å². The van der Waals surface area contributed by atoms with E-state index in [9.17, 15) is 4.79 Å². The van der Waals surface area contributed by atoms with Crippen LogP contribution in [0, 0.1) is 6.92 Å². The molecule has 0 spiro atoms. The molecule has 0 aliphatic heterocycles. The predicted molar refractivity (Wildman–Crippen MR) is 90.1 cm³/mol. The van der Waals surface area contributed by atoms with Gasteiger partial charge in [-0.25, -0.2) is 0 Å². The van der Waals surface area contributed by atoms with E-state index in [4.69, 9.17) is 9.47 Å². The quantitative estimate of drug-likeness (QED) is 0.825. The average Bonchev–Trinajstić information content (AvgIpc) is 2.55. The van der Waals surface area contributed by atoms with E-state index in [1.54, 1.807) is 20.3 Å². The minimum Gasteiger partial charge on any atom is -0.493 e. The Morgan fingerprint density at radius 3 is 2.36 bits per heavy atom. The molecule has 0 aromatic heterocycles. The highest BCUT2D eigenvalue weighted by Crippen LogP contribution is 2.33. The van der Waals surface area contributed by atoms with Crippen molar-refractivity contribution in [2.45, 2.75) is 11.8 Å². The van der Waals surface area contributed by atoms with Gasteiger partial charge in [-0.15, -0.1) is 11.8 Å². The van der Waals surface area contributed by atoms with E-state index in [0.717, 1.165) is 16.1 Å². The minimum absolute atomic E-state index is 0.0517. The lowest BCUT2D eigenvalue weighted by molar-refractivity contribution is -0.113. The highest BCUT2D eigenvalue weighted by Gasteiger charge is 2.11. The molecule has 4 nitrogen and oxygen atoms in total. The zero-order valence-electron chi connectivity index (χ0n) is 12.9. The summed E-state index contributed by atoms with van der Waals surface area (Å²) in [7, 11) is 3.16. The van der Waals surface area contributed by atoms with Crippen molar-refractivity contribution in [3.8, 4) is 11.5 Å². The van der Waals surface area contributed by atoms with Gasteiger partial charge in [-0.1, -0.05) is 18.2 Å². The lowest BCUT2D eigenvalue weighted by Gasteiger charge is -2.13. The number of rotatable bonds is 6. The van der Waals surface area contributed by atoms with Crippen LogP contribution < -0.4 is 14.8 Å². The monoisotopic (exact) mass is 317 g/mol. The Bertz CT molecular complexity index is 644. The predicted octanol–water partition coefficient (Wildman–Crippen LogP) is 3.74. The Morgan fingerprint density at radius 1 is 1.09 bits per heavy atom. The summed E-state index contributed by atoms with van der Waals surface area (Å²) in [6.07, 6.45) is 0. The maximum absolute atomic E-state index is 12.1. The topological polar surface area (TPSA) is 47.6 Å². The summed E-state index contributed by atoms with van der Waals surface area (Å²) < 4.78 is 10.5. The molecule has 1 N–H and O–H groups in total. The van der Waals surface area contributed by atoms with Crippen molar-refractivity contribution in [2.24, 2.45) is 0 Å². The number of hydrogen-bond donors (Lipinski definition) is 1. The molecule has 5 heteroatoms. The van der Waals surface area contributed by atoms with Crippen LogP contribution >= 0.6 is 11.8 Å². The van der Waals surface area contributed by atoms with Crippen molar-refractivity contribution < 1.29 is 14.3 Å². The SMILES string of the molecule is COc1cc(C)c(NC(=O)CSc2ccccc2)cc1OC. The number of carbonyl (C=O) groups excluding carboxylic acids is 1. The molecule has 2 rings (SSSR count). The van der Waals surface area contributed by atoms with Crippen molar-refractivity contribution in [1.82, 2.24) is 0 Å². The first-order valence-electron chi connectivity index (χ1n) is 6.84. The van der Waals surface area contributed by atoms with E-state index in [-0.39, 0.29) is 5.91 Å². The van der Waals surface area contributed by atoms with Crippen LogP contribution in [0.2, 0.25) is 0 Å². The molecule has 0 heterocycles. The van der Waals surface area contributed by atoms with Crippen LogP contribution in [0.25, 0.3) is 0 Å². The Kier molecular flexibility index (Phi) is 5.72. The van der Waals surface area contributed by atoms with Gasteiger partial charge in [0.15, 0.2) is 11.5 Å². The molecular weight excluding hydrogens is 298 g/mol. The van der Waals surface area contributed by atoms with E-state index in [0.29, 0.717) is 17.3 Å². The largest absolute Gasteiger partial charge is 0.493 e. The number of thioether (sulfide) groups is 1. The smallest absolute Gasteiger partial charge is 0.234 e. The summed E-state index contributed by atoms with van der Waals surface area (Å²) in [6, 6.07) is 13.5. The van der Waals surface area contributed by atoms with Crippen LogP contribution in [-0.2, 0) is 4.79 Å². The molecule has 22 heavy (non-hydrogen) atoms. The molecule has 116 valence electrons. The fraction of sp³-hybridized carbons (Fsp3) is 0.235. The number of anilines is 1. The van der Waals surface area contributed by atoms with E-state index in [2.05, 4.69) is 5.32 Å². The standard InChI is InChI=1S/C17H19NO3S/c1-12-9-15(20-2)16(21-3)10-14(12)18-17(19)11-22-13-7-5-4-6-8-13/h4-10H,11H2,1-3H3,(H,18,19). The molecule has 0 saturated heterocycles. The second-order valence-corrected chi connectivity index (χ2v) is 5.72. The van der Waals surface area contributed by atoms with E-state index in [1.807, 2.05) is 43.3 Å². The summed E-state index contributed by atoms with van der Waals surface area (Å²) in [5, 5.41) is 2.91. The number of carbonyl (C=O) groups is 1. The number of hydrogen-bond acceptors (Lipinski definition) is 4. The third-order valence-electron chi connectivity index (χ3n) is 3.12. The van der Waals surface area contributed by atoms with Gasteiger partial charge >= 0.3 is 0 Å². The molecule has 0 aliphatic rings. The van der Waals surface area contributed by atoms with Gasteiger partial charge in [0.2, 0.25) is 5.91 Å². The van der Waals surface area contributed by atoms with Gasteiger partial charge in [0.05, 0.1) is 20.0 Å². The number of benzene rings is 2. The van der Waals surface area contributed by atoms with Crippen molar-refractivity contribution >= 4 is 23.4 Å². The summed E-state index contributed by atoms with van der Waals surface area (Å²) in [6.45, 7) is 1.92. The van der Waals surface area contributed by atoms with Gasteiger partial charge in [0.1, 0.15) is 0 Å². The van der Waals surface area contributed by atoms with Crippen LogP contribution in [0.3, 0.4) is 0 Å². The number of nitrogens with one attached hydrogen (secondary N) is 1. The van der Waals surface area contributed by atoms with Crippen LogP contribution in [0.15, 0.2) is 47.4 Å². The summed E-state index contributed by atoms with van der Waals surface area (Å²) in [5.74, 6) is 1.55. The molecule has 2 aromatic carbocycles. The van der Waals surface area contributed by atoms with Crippen molar-refractivity contribution in [3.05, 3.63) is 48.0 Å². The molecule has 0 fully saturated rings. The van der Waals surface area contributed by atoms with Crippen molar-refractivity contribution in [2.75, 3.05) is 25.3 Å². The van der Waals surface area contributed by atoms with E-state index < -0.39 is 0 Å². The van der Waals surface area contributed by atoms with Crippen molar-refractivity contribution in [1.29, 1.82) is 0 Å². The molecule has 0 aliphatic carbocycles. The normalized spacial score (nSPS) is 10.1. The Hall–Kier alpha value is -2.14. The Morgan fingerprint density at radius 2 is 1.73 bits per heavy atom. The maximum Gasteiger partial charge on any atom is 0.234 e. The lowest BCUT2D eigenvalue weighted by Crippen LogP contribution is -2.15. The third kappa shape index (κ3) is 4.18. The second-order valence-electron chi connectivity index (χ2n) is 4.67. The van der Waals surface area contributed by atoms with Crippen molar-refractivity contribution in [3.63, 3.8) is 0 Å². The van der Waals surface area contributed by atoms with Gasteiger partial charge in [-0.05, 0) is 30.7 Å². The molecule has 0 radical (unpaired) electrons. The second kappa shape index (κ2) is 7.75. The van der Waals surface area contributed by atoms with Crippen LogP contribution in [-0.4, -0.2) is 25.9 Å². The van der Waals surface area contributed by atoms with Crippen LogP contribution in [0.5, 0.6) is 11.5 Å². The van der Waals surface area contributed by atoms with E-state index >= 15 is 0 Å². The highest BCUT2D eigenvalue weighted by molar-refractivity contribution is 8.00. The number of ether oxygens (including phenoxy) is 2. The number of amides is 1. The summed E-state index contributed by atoms with van der Waals surface area (Å²) in [5.41, 5.74) is 1.66. The summed E-state index contributed by atoms with van der Waals surface area (Å²) in [4.78, 5) is 13.2. The van der Waals surface area contributed by atoms with Gasteiger partial charge in [-0.2, -0.15) is 0 Å². The zero-order chi connectivity index (χ0) is 15.9. The van der Waals surface area contributed by atoms with E-state index in [1.165, 1.54) is 11.8 Å². The first kappa shape index (κ1) is 16.2. The number of aryl methyl sites for hydroxylation is 1. The lowest BCUT2D eigenvalue weighted by atomic mass is 10.1. The molecule has 0 saturated carbocycles. The van der Waals surface area contributed by atoms with Crippen LogP contribution in [0.1, 0.15) is 5.56 Å². The zero-order valence-corrected chi connectivity index (χ0v) is 13.7. The highest BCUT2D eigenvalue weighted by atomic mass is 32.2. The molecule has 0 bridgehead atoms. The Labute approximate surface area is 134 Å². The molecule has 0 atom stereocenters. The fourth-order valence-electron chi connectivity index (χ4n) is 1.97. The summed E-state index contributed by atoms with van der Waals surface area (Å²) >= 11 is 1.50. The number of methoxy groups -OCH3 is 2. The average molecular weight is 317 g/mol. The Balaban J connectivity index is 2.02. The molecule has 2 aromatic rings. The maximum atomic E-state index is 12.1. The molecule has 1 amide bonds. The van der Waals surface area contributed by atoms with Crippen LogP contribution in [0.4, 0.5) is 5.69 Å². The van der Waals surface area contributed by atoms with Gasteiger partial charge in [0.25, 0.3) is 0 Å². The molecule has 0 unspecified atom stereocenters. The van der Waals surface area contributed by atoms with Gasteiger partial charge in [0, 0.05) is 16.6 Å². The first-order valence-corrected chi connectivity index (χ1v) is 7.83. The fourth-order valence-corrected chi connectivity index (χ4v) is 2.69.